The minimum absolute atomic E-state index is 0.308. The maximum absolute atomic E-state index is 10.6. The lowest BCUT2D eigenvalue weighted by Gasteiger charge is -2.17. The van der Waals surface area contributed by atoms with E-state index < -0.39 is 5.97 Å². The van der Waals surface area contributed by atoms with Gasteiger partial charge in [-0.15, -0.1) is 0 Å². The first-order valence-electron chi connectivity index (χ1n) is 10.2. The van der Waals surface area contributed by atoms with E-state index in [0.717, 1.165) is 30.8 Å². The molecular formula is C24H32O2S2. The van der Waals surface area contributed by atoms with Gasteiger partial charge in [-0.1, -0.05) is 79.9 Å². The highest BCUT2D eigenvalue weighted by Gasteiger charge is 2.10. The van der Waals surface area contributed by atoms with Gasteiger partial charge >= 0.3 is 5.97 Å². The molecule has 28 heavy (non-hydrogen) atoms. The molecule has 0 aliphatic heterocycles. The molecular weight excluding hydrogens is 384 g/mol. The monoisotopic (exact) mass is 416 g/mol. The van der Waals surface area contributed by atoms with Crippen molar-refractivity contribution < 1.29 is 9.90 Å². The maximum Gasteiger partial charge on any atom is 0.303 e. The fourth-order valence-electron chi connectivity index (χ4n) is 3.08. The standard InChI is InChI=1S/C24H32O2S2/c25-24(26)16-10-2-1-9-15-23(28-20-22-13-7-4-8-14-22)17-18-27-19-21-11-5-3-6-12-21/h3-8,11-14,23H,1-2,9-10,15-20H2,(H,25,26)/t23-/m1/s1. The molecule has 2 rings (SSSR count). The van der Waals surface area contributed by atoms with Crippen LogP contribution >= 0.6 is 23.5 Å². The van der Waals surface area contributed by atoms with Gasteiger partial charge in [0.25, 0.3) is 0 Å². The third-order valence-corrected chi connectivity index (χ3v) is 7.20. The number of carboxylic acid groups (broad SMARTS) is 1. The summed E-state index contributed by atoms with van der Waals surface area (Å²) < 4.78 is 0. The summed E-state index contributed by atoms with van der Waals surface area (Å²) in [6.45, 7) is 0. The smallest absolute Gasteiger partial charge is 0.303 e. The zero-order chi connectivity index (χ0) is 19.9. The van der Waals surface area contributed by atoms with Crippen molar-refractivity contribution in [2.24, 2.45) is 0 Å². The molecule has 152 valence electrons. The van der Waals surface area contributed by atoms with Gasteiger partial charge in [0.2, 0.25) is 0 Å². The Balaban J connectivity index is 1.68. The molecule has 1 N–H and O–H groups in total. The van der Waals surface area contributed by atoms with Crippen molar-refractivity contribution in [3.05, 3.63) is 71.8 Å². The van der Waals surface area contributed by atoms with E-state index in [1.165, 1.54) is 36.1 Å². The summed E-state index contributed by atoms with van der Waals surface area (Å²) in [5, 5.41) is 9.42. The van der Waals surface area contributed by atoms with E-state index in [1.54, 1.807) is 0 Å². The number of carbonyl (C=O) groups is 1. The first kappa shape index (κ1) is 22.9. The molecule has 0 amide bonds. The van der Waals surface area contributed by atoms with Gasteiger partial charge < -0.3 is 5.11 Å². The molecule has 0 bridgehead atoms. The van der Waals surface area contributed by atoms with Gasteiger partial charge in [-0.25, -0.2) is 0 Å². The first-order chi connectivity index (χ1) is 13.7. The Morgan fingerprint density at radius 2 is 1.39 bits per heavy atom. The third kappa shape index (κ3) is 10.8. The van der Waals surface area contributed by atoms with Crippen LogP contribution in [0.5, 0.6) is 0 Å². The van der Waals surface area contributed by atoms with Crippen molar-refractivity contribution in [1.29, 1.82) is 0 Å². The predicted molar refractivity (Wildman–Crippen MR) is 124 cm³/mol. The van der Waals surface area contributed by atoms with Crippen LogP contribution in [0.3, 0.4) is 0 Å². The fourth-order valence-corrected chi connectivity index (χ4v) is 5.49. The van der Waals surface area contributed by atoms with Crippen molar-refractivity contribution in [2.75, 3.05) is 5.75 Å². The summed E-state index contributed by atoms with van der Waals surface area (Å²) in [4.78, 5) is 10.6. The summed E-state index contributed by atoms with van der Waals surface area (Å²) in [6, 6.07) is 21.4. The molecule has 0 aliphatic carbocycles. The van der Waals surface area contributed by atoms with E-state index in [4.69, 9.17) is 5.11 Å². The van der Waals surface area contributed by atoms with Crippen LogP contribution in [0, 0.1) is 0 Å². The quantitative estimate of drug-likeness (QED) is 0.316. The second-order valence-electron chi connectivity index (χ2n) is 7.09. The van der Waals surface area contributed by atoms with Crippen LogP contribution in [-0.4, -0.2) is 22.1 Å². The zero-order valence-corrected chi connectivity index (χ0v) is 18.2. The molecule has 0 aliphatic rings. The topological polar surface area (TPSA) is 37.3 Å². The van der Waals surface area contributed by atoms with Crippen molar-refractivity contribution in [3.8, 4) is 0 Å². The average Bonchev–Trinajstić information content (AvgIpc) is 2.72. The normalized spacial score (nSPS) is 12.0. The van der Waals surface area contributed by atoms with Gasteiger partial charge in [-0.2, -0.15) is 23.5 Å². The van der Waals surface area contributed by atoms with Crippen LogP contribution in [0.4, 0.5) is 0 Å². The highest BCUT2D eigenvalue weighted by atomic mass is 32.2. The summed E-state index contributed by atoms with van der Waals surface area (Å²) in [6.07, 6.45) is 6.97. The van der Waals surface area contributed by atoms with E-state index in [0.29, 0.717) is 11.7 Å². The number of hydrogen-bond acceptors (Lipinski definition) is 3. The van der Waals surface area contributed by atoms with E-state index in [1.807, 2.05) is 11.8 Å². The molecule has 0 saturated carbocycles. The molecule has 0 spiro atoms. The molecule has 0 saturated heterocycles. The minimum atomic E-state index is -0.674. The molecule has 1 atom stereocenters. The number of aliphatic carboxylic acids is 1. The summed E-state index contributed by atoms with van der Waals surface area (Å²) in [5.74, 6) is 2.69. The number of hydrogen-bond donors (Lipinski definition) is 1. The average molecular weight is 417 g/mol. The van der Waals surface area contributed by atoms with E-state index in [2.05, 4.69) is 72.4 Å². The highest BCUT2D eigenvalue weighted by Crippen LogP contribution is 2.27. The molecule has 4 heteroatoms. The van der Waals surface area contributed by atoms with Gasteiger partial charge in [0, 0.05) is 23.2 Å². The predicted octanol–water partition coefficient (Wildman–Crippen LogP) is 7.04. The summed E-state index contributed by atoms with van der Waals surface area (Å²) in [5.41, 5.74) is 2.80. The molecule has 0 radical (unpaired) electrons. The molecule has 0 heterocycles. The second kappa shape index (κ2) is 14.6. The lowest BCUT2D eigenvalue weighted by atomic mass is 10.1. The van der Waals surface area contributed by atoms with Crippen LogP contribution in [0.15, 0.2) is 60.7 Å². The largest absolute Gasteiger partial charge is 0.481 e. The minimum Gasteiger partial charge on any atom is -0.481 e. The van der Waals surface area contributed by atoms with Gasteiger partial charge in [-0.3, -0.25) is 4.79 Å². The Hall–Kier alpha value is -1.39. The van der Waals surface area contributed by atoms with E-state index >= 15 is 0 Å². The molecule has 0 unspecified atom stereocenters. The Kier molecular flexibility index (Phi) is 11.9. The number of rotatable bonds is 15. The van der Waals surface area contributed by atoms with Crippen LogP contribution in [0.2, 0.25) is 0 Å². The Labute approximate surface area is 178 Å². The molecule has 2 aromatic carbocycles. The molecule has 0 fully saturated rings. The Bertz CT molecular complexity index is 646. The van der Waals surface area contributed by atoms with Gasteiger partial charge in [0.05, 0.1) is 0 Å². The zero-order valence-electron chi connectivity index (χ0n) is 16.6. The first-order valence-corrected chi connectivity index (χ1v) is 12.4. The van der Waals surface area contributed by atoms with Crippen molar-refractivity contribution in [2.45, 2.75) is 61.7 Å². The third-order valence-electron chi connectivity index (χ3n) is 4.69. The van der Waals surface area contributed by atoms with Gasteiger partial charge in [0.15, 0.2) is 0 Å². The summed E-state index contributed by atoms with van der Waals surface area (Å²) in [7, 11) is 0. The number of carboxylic acids is 1. The number of thioether (sulfide) groups is 2. The van der Waals surface area contributed by atoms with Crippen LogP contribution < -0.4 is 0 Å². The molecule has 2 aromatic rings. The maximum atomic E-state index is 10.6. The van der Waals surface area contributed by atoms with Crippen molar-refractivity contribution >= 4 is 29.5 Å². The SMILES string of the molecule is O=C(O)CCCCCC[C@H](CCSCc1ccccc1)SCc1ccccc1. The van der Waals surface area contributed by atoms with Crippen molar-refractivity contribution in [1.82, 2.24) is 0 Å². The van der Waals surface area contributed by atoms with Crippen LogP contribution in [0.25, 0.3) is 0 Å². The Morgan fingerprint density at radius 1 is 0.786 bits per heavy atom. The molecule has 2 nitrogen and oxygen atoms in total. The van der Waals surface area contributed by atoms with E-state index in [9.17, 15) is 4.79 Å². The van der Waals surface area contributed by atoms with Crippen LogP contribution in [0.1, 0.15) is 56.1 Å². The molecule has 0 aromatic heterocycles. The van der Waals surface area contributed by atoms with Crippen molar-refractivity contribution in [3.63, 3.8) is 0 Å². The van der Waals surface area contributed by atoms with Gasteiger partial charge in [-0.05, 0) is 36.1 Å². The number of unbranched alkanes of at least 4 members (excludes halogenated alkanes) is 3. The lowest BCUT2D eigenvalue weighted by molar-refractivity contribution is -0.137. The lowest BCUT2D eigenvalue weighted by Crippen LogP contribution is -2.05. The highest BCUT2D eigenvalue weighted by molar-refractivity contribution is 7.99. The van der Waals surface area contributed by atoms with Gasteiger partial charge in [0.1, 0.15) is 0 Å². The Morgan fingerprint density at radius 3 is 2.04 bits per heavy atom. The van der Waals surface area contributed by atoms with Crippen LogP contribution in [-0.2, 0) is 16.3 Å². The second-order valence-corrected chi connectivity index (χ2v) is 9.49. The van der Waals surface area contributed by atoms with E-state index in [-0.39, 0.29) is 0 Å². The summed E-state index contributed by atoms with van der Waals surface area (Å²) >= 11 is 4.11. The fraction of sp³-hybridized carbons (Fsp3) is 0.458. The number of benzene rings is 2.